The highest BCUT2D eigenvalue weighted by molar-refractivity contribution is 7.20. The predicted octanol–water partition coefficient (Wildman–Crippen LogP) is 11.5. The van der Waals surface area contributed by atoms with Gasteiger partial charge in [-0.05, 0) is 76.2 Å². The number of aromatic nitrogens is 2. The average molecular weight is 773 g/mol. The summed E-state index contributed by atoms with van der Waals surface area (Å²) in [4.78, 5) is 0. The maximum atomic E-state index is 6.44. The SMILES string of the molecule is C=Cc1c(-c2c(C)oc3ccccc23)n(-c2cccc([Si](c3ccccc3)(c3ccccc3)c3cccc(-n4c5ccccc5c5ccccc54)c3)c2)c2ccccc12. The fourth-order valence-electron chi connectivity index (χ4n) is 9.78. The molecular formula is C55H40N2OSi. The van der Waals surface area contributed by atoms with Crippen LogP contribution in [0.4, 0.5) is 0 Å². The molecule has 0 unspecified atom stereocenters. The third-order valence-corrected chi connectivity index (χ3v) is 16.9. The van der Waals surface area contributed by atoms with Crippen LogP contribution in [0.2, 0.25) is 0 Å². The van der Waals surface area contributed by atoms with Crippen LogP contribution in [-0.2, 0) is 0 Å². The normalized spacial score (nSPS) is 11.9. The van der Waals surface area contributed by atoms with Crippen LogP contribution in [0, 0.1) is 6.92 Å². The highest BCUT2D eigenvalue weighted by Gasteiger charge is 2.42. The predicted molar refractivity (Wildman–Crippen MR) is 251 cm³/mol. The Balaban J connectivity index is 1.22. The fraction of sp³-hybridized carbons (Fsp3) is 0.0182. The molecule has 0 aliphatic rings. The molecule has 0 radical (unpaired) electrons. The van der Waals surface area contributed by atoms with Gasteiger partial charge in [-0.2, -0.15) is 0 Å². The van der Waals surface area contributed by atoms with Crippen molar-refractivity contribution in [3.05, 3.63) is 224 Å². The Labute approximate surface area is 344 Å². The maximum Gasteiger partial charge on any atom is 0.179 e. The summed E-state index contributed by atoms with van der Waals surface area (Å²) in [7, 11) is -3.02. The molecule has 11 rings (SSSR count). The van der Waals surface area contributed by atoms with Crippen LogP contribution in [-0.4, -0.2) is 17.2 Å². The van der Waals surface area contributed by atoms with Crippen molar-refractivity contribution in [1.82, 2.24) is 9.13 Å². The van der Waals surface area contributed by atoms with Gasteiger partial charge in [0, 0.05) is 44.0 Å². The summed E-state index contributed by atoms with van der Waals surface area (Å²) in [6.07, 6.45) is 2.01. The van der Waals surface area contributed by atoms with Crippen molar-refractivity contribution in [3.63, 3.8) is 0 Å². The number of hydrogen-bond acceptors (Lipinski definition) is 1. The van der Waals surface area contributed by atoms with Gasteiger partial charge in [0.15, 0.2) is 8.07 Å². The van der Waals surface area contributed by atoms with Gasteiger partial charge in [0.05, 0.1) is 22.2 Å². The zero-order chi connectivity index (χ0) is 39.5. The van der Waals surface area contributed by atoms with Crippen LogP contribution in [0.3, 0.4) is 0 Å². The van der Waals surface area contributed by atoms with Crippen LogP contribution in [0.5, 0.6) is 0 Å². The zero-order valence-corrected chi connectivity index (χ0v) is 33.7. The lowest BCUT2D eigenvalue weighted by Gasteiger charge is -2.35. The molecule has 0 amide bonds. The molecule has 0 aliphatic heterocycles. The van der Waals surface area contributed by atoms with E-state index in [-0.39, 0.29) is 0 Å². The van der Waals surface area contributed by atoms with E-state index in [1.807, 2.05) is 12.1 Å². The summed E-state index contributed by atoms with van der Waals surface area (Å²) in [6.45, 7) is 6.45. The first-order chi connectivity index (χ1) is 29.2. The fourth-order valence-corrected chi connectivity index (χ4v) is 14.6. The number of fused-ring (bicyclic) bond motifs is 5. The van der Waals surface area contributed by atoms with Crippen molar-refractivity contribution in [2.75, 3.05) is 0 Å². The van der Waals surface area contributed by atoms with Crippen molar-refractivity contribution >= 4 is 78.6 Å². The van der Waals surface area contributed by atoms with Gasteiger partial charge in [-0.3, -0.25) is 0 Å². The summed E-state index contributed by atoms with van der Waals surface area (Å²) < 4.78 is 11.3. The largest absolute Gasteiger partial charge is 0.461 e. The molecule has 0 bridgehead atoms. The number of rotatable bonds is 8. The zero-order valence-electron chi connectivity index (χ0n) is 32.7. The standard InChI is InChI=1S/C55H40N2OSi/c1-3-45-46-28-10-16-34-52(46)57(55(45)54-38(2)58-53-35-17-13-31-49(53)54)40-21-19-27-44(37-40)59(41-22-6-4-7-23-41,42-24-8-5-9-25-42)43-26-18-20-39(36-43)56-50-32-14-11-29-47(50)48-30-12-15-33-51(48)56/h3-37H,1H2,2H3. The molecule has 0 spiro atoms. The molecule has 3 aromatic heterocycles. The Hall–Kier alpha value is -7.40. The van der Waals surface area contributed by atoms with Crippen molar-refractivity contribution in [2.45, 2.75) is 6.92 Å². The Kier molecular flexibility index (Phi) is 8.21. The molecule has 0 aliphatic carbocycles. The van der Waals surface area contributed by atoms with Crippen LogP contribution in [0.25, 0.3) is 72.4 Å². The van der Waals surface area contributed by atoms with Gasteiger partial charge in [0.2, 0.25) is 0 Å². The lowest BCUT2D eigenvalue weighted by Crippen LogP contribution is -2.74. The molecule has 0 saturated carbocycles. The molecule has 0 atom stereocenters. The van der Waals surface area contributed by atoms with Crippen LogP contribution in [0.1, 0.15) is 11.3 Å². The van der Waals surface area contributed by atoms with E-state index < -0.39 is 8.07 Å². The quantitative estimate of drug-likeness (QED) is 0.111. The summed E-state index contributed by atoms with van der Waals surface area (Å²) in [5.41, 5.74) is 9.91. The van der Waals surface area contributed by atoms with Crippen molar-refractivity contribution in [3.8, 4) is 22.6 Å². The second-order valence-corrected chi connectivity index (χ2v) is 19.1. The van der Waals surface area contributed by atoms with Gasteiger partial charge in [-0.1, -0.05) is 170 Å². The minimum atomic E-state index is -3.02. The highest BCUT2D eigenvalue weighted by atomic mass is 28.3. The van der Waals surface area contributed by atoms with Crippen molar-refractivity contribution in [2.24, 2.45) is 0 Å². The van der Waals surface area contributed by atoms with E-state index in [0.717, 1.165) is 55.8 Å². The topological polar surface area (TPSA) is 23.0 Å². The molecule has 8 aromatic carbocycles. The van der Waals surface area contributed by atoms with E-state index in [1.54, 1.807) is 0 Å². The molecule has 4 heteroatoms. The maximum absolute atomic E-state index is 6.44. The van der Waals surface area contributed by atoms with Gasteiger partial charge in [0.25, 0.3) is 0 Å². The molecule has 3 nitrogen and oxygen atoms in total. The van der Waals surface area contributed by atoms with E-state index in [1.165, 1.54) is 42.6 Å². The first-order valence-corrected chi connectivity index (χ1v) is 22.2. The lowest BCUT2D eigenvalue weighted by atomic mass is 10.0. The van der Waals surface area contributed by atoms with E-state index in [4.69, 9.17) is 4.42 Å². The molecule has 280 valence electrons. The average Bonchev–Trinajstić information content (AvgIpc) is 3.93. The van der Waals surface area contributed by atoms with Gasteiger partial charge < -0.3 is 13.6 Å². The lowest BCUT2D eigenvalue weighted by molar-refractivity contribution is 0.579. The van der Waals surface area contributed by atoms with Crippen LogP contribution >= 0.6 is 0 Å². The van der Waals surface area contributed by atoms with Gasteiger partial charge in [0.1, 0.15) is 11.3 Å². The van der Waals surface area contributed by atoms with E-state index in [0.29, 0.717) is 0 Å². The number of para-hydroxylation sites is 4. The Morgan fingerprint density at radius 3 is 1.44 bits per heavy atom. The monoisotopic (exact) mass is 772 g/mol. The van der Waals surface area contributed by atoms with Crippen molar-refractivity contribution in [1.29, 1.82) is 0 Å². The third kappa shape index (κ3) is 5.27. The number of aryl methyl sites for hydroxylation is 1. The second-order valence-electron chi connectivity index (χ2n) is 15.3. The molecule has 59 heavy (non-hydrogen) atoms. The third-order valence-electron chi connectivity index (χ3n) is 12.2. The molecular weight excluding hydrogens is 733 g/mol. The molecule has 11 aromatic rings. The van der Waals surface area contributed by atoms with Crippen LogP contribution in [0.15, 0.2) is 217 Å². The van der Waals surface area contributed by atoms with E-state index in [2.05, 4.69) is 223 Å². The summed E-state index contributed by atoms with van der Waals surface area (Å²) in [5.74, 6) is 0.883. The molecule has 0 saturated heterocycles. The first kappa shape index (κ1) is 34.8. The number of benzene rings is 8. The number of furan rings is 1. The Morgan fingerprint density at radius 1 is 0.441 bits per heavy atom. The summed E-state index contributed by atoms with van der Waals surface area (Å²) in [5, 5.41) is 10.0. The smallest absolute Gasteiger partial charge is 0.179 e. The summed E-state index contributed by atoms with van der Waals surface area (Å²) >= 11 is 0. The number of nitrogens with zero attached hydrogens (tertiary/aromatic N) is 2. The minimum absolute atomic E-state index is 0.878. The summed E-state index contributed by atoms with van der Waals surface area (Å²) in [6, 6.07) is 75.6. The molecule has 3 heterocycles. The van der Waals surface area contributed by atoms with Gasteiger partial charge >= 0.3 is 0 Å². The first-order valence-electron chi connectivity index (χ1n) is 20.2. The van der Waals surface area contributed by atoms with Crippen molar-refractivity contribution < 1.29 is 4.42 Å². The highest BCUT2D eigenvalue weighted by Crippen LogP contribution is 2.43. The molecule has 0 fully saturated rings. The van der Waals surface area contributed by atoms with E-state index in [9.17, 15) is 0 Å². The minimum Gasteiger partial charge on any atom is -0.461 e. The second kappa shape index (κ2) is 13.9. The Morgan fingerprint density at radius 2 is 0.881 bits per heavy atom. The number of hydrogen-bond donors (Lipinski definition) is 0. The molecule has 0 N–H and O–H groups in total. The van der Waals surface area contributed by atoms with Gasteiger partial charge in [-0.15, -0.1) is 0 Å². The van der Waals surface area contributed by atoms with Gasteiger partial charge in [-0.25, -0.2) is 0 Å². The van der Waals surface area contributed by atoms with E-state index >= 15 is 0 Å². The Bertz CT molecular complexity index is 3280. The van der Waals surface area contributed by atoms with Crippen LogP contribution < -0.4 is 20.7 Å².